The second kappa shape index (κ2) is 12.9. The molecule has 2 rings (SSSR count). The molecule has 0 aliphatic heterocycles. The van der Waals surface area contributed by atoms with Crippen LogP contribution in [-0.2, 0) is 26.2 Å². The molecule has 2 aromatic rings. The van der Waals surface area contributed by atoms with Crippen LogP contribution in [0.3, 0.4) is 0 Å². The van der Waals surface area contributed by atoms with Crippen molar-refractivity contribution in [1.82, 2.24) is 10.2 Å². The molecule has 0 bridgehead atoms. The zero-order chi connectivity index (χ0) is 27.0. The molecule has 2 atom stereocenters. The number of aryl methyl sites for hydroxylation is 3. The van der Waals surface area contributed by atoms with Crippen molar-refractivity contribution in [3.8, 4) is 0 Å². The van der Waals surface area contributed by atoms with Crippen molar-refractivity contribution in [1.29, 1.82) is 0 Å². The third kappa shape index (κ3) is 8.36. The van der Waals surface area contributed by atoms with E-state index in [1.165, 1.54) is 10.6 Å². The summed E-state index contributed by atoms with van der Waals surface area (Å²) in [5, 5.41) is 2.96. The smallest absolute Gasteiger partial charge is 0.242 e. The molecule has 0 fully saturated rings. The van der Waals surface area contributed by atoms with Gasteiger partial charge in [-0.15, -0.1) is 0 Å². The van der Waals surface area contributed by atoms with Crippen molar-refractivity contribution in [2.24, 2.45) is 0 Å². The highest BCUT2D eigenvalue weighted by molar-refractivity contribution is 7.92. The number of hydrogen-bond donors (Lipinski definition) is 1. The van der Waals surface area contributed by atoms with Crippen LogP contribution in [0, 0.1) is 20.8 Å². The summed E-state index contributed by atoms with van der Waals surface area (Å²) in [7, 11) is -3.52. The number of nitrogens with one attached hydrogen (secondary N) is 1. The molecule has 8 heteroatoms. The van der Waals surface area contributed by atoms with Crippen LogP contribution in [0.25, 0.3) is 0 Å². The first kappa shape index (κ1) is 29.4. The molecule has 36 heavy (non-hydrogen) atoms. The first-order chi connectivity index (χ1) is 16.8. The zero-order valence-corrected chi connectivity index (χ0v) is 23.5. The number of rotatable bonds is 12. The third-order valence-corrected chi connectivity index (χ3v) is 7.77. The second-order valence-electron chi connectivity index (χ2n) is 9.71. The zero-order valence-electron chi connectivity index (χ0n) is 22.7. The van der Waals surface area contributed by atoms with Gasteiger partial charge in [-0.25, -0.2) is 8.42 Å². The quantitative estimate of drug-likeness (QED) is 0.451. The van der Waals surface area contributed by atoms with Gasteiger partial charge in [0.15, 0.2) is 0 Å². The van der Waals surface area contributed by atoms with Gasteiger partial charge in [0.2, 0.25) is 21.8 Å². The summed E-state index contributed by atoms with van der Waals surface area (Å²) in [6.07, 6.45) is 2.44. The van der Waals surface area contributed by atoms with Gasteiger partial charge < -0.3 is 10.2 Å². The maximum Gasteiger partial charge on any atom is 0.242 e. The van der Waals surface area contributed by atoms with Gasteiger partial charge in [0.05, 0.1) is 11.9 Å². The summed E-state index contributed by atoms with van der Waals surface area (Å²) in [4.78, 5) is 27.8. The van der Waals surface area contributed by atoms with Crippen LogP contribution in [0.5, 0.6) is 0 Å². The van der Waals surface area contributed by atoms with E-state index in [-0.39, 0.29) is 30.8 Å². The molecule has 0 aliphatic carbocycles. The van der Waals surface area contributed by atoms with Crippen LogP contribution in [0.2, 0.25) is 0 Å². The van der Waals surface area contributed by atoms with Crippen molar-refractivity contribution in [3.05, 3.63) is 64.7 Å². The van der Waals surface area contributed by atoms with Crippen LogP contribution in [0.15, 0.2) is 42.5 Å². The third-order valence-electron chi connectivity index (χ3n) is 6.57. The number of benzene rings is 2. The highest BCUT2D eigenvalue weighted by Crippen LogP contribution is 2.22. The SMILES string of the molecule is CC[C@@H](C)NC(=O)[C@@H](C)N(Cc1ccc(C)cc1)C(=O)CCCN(c1ccc(C)c(C)c1)S(C)(=O)=O. The lowest BCUT2D eigenvalue weighted by molar-refractivity contribution is -0.140. The number of anilines is 1. The number of carbonyl (C=O) groups excluding carboxylic acids is 2. The largest absolute Gasteiger partial charge is 0.352 e. The highest BCUT2D eigenvalue weighted by atomic mass is 32.2. The molecule has 0 saturated heterocycles. The molecule has 7 nitrogen and oxygen atoms in total. The fourth-order valence-electron chi connectivity index (χ4n) is 3.82. The van der Waals surface area contributed by atoms with E-state index >= 15 is 0 Å². The van der Waals surface area contributed by atoms with E-state index in [1.54, 1.807) is 17.9 Å². The molecule has 0 heterocycles. The molecule has 0 spiro atoms. The molecule has 0 unspecified atom stereocenters. The van der Waals surface area contributed by atoms with E-state index in [1.807, 2.05) is 71.0 Å². The first-order valence-electron chi connectivity index (χ1n) is 12.5. The van der Waals surface area contributed by atoms with Gasteiger partial charge in [-0.05, 0) is 76.3 Å². The Hall–Kier alpha value is -2.87. The number of hydrogen-bond acceptors (Lipinski definition) is 4. The van der Waals surface area contributed by atoms with Crippen LogP contribution in [-0.4, -0.2) is 50.0 Å². The molecule has 2 amide bonds. The molecular weight excluding hydrogens is 474 g/mol. The maximum absolute atomic E-state index is 13.4. The van der Waals surface area contributed by atoms with Gasteiger partial charge in [0.1, 0.15) is 6.04 Å². The Balaban J connectivity index is 2.18. The van der Waals surface area contributed by atoms with Crippen LogP contribution in [0.4, 0.5) is 5.69 Å². The van der Waals surface area contributed by atoms with E-state index in [4.69, 9.17) is 0 Å². The fourth-order valence-corrected chi connectivity index (χ4v) is 4.78. The molecule has 198 valence electrons. The minimum atomic E-state index is -3.52. The summed E-state index contributed by atoms with van der Waals surface area (Å²) >= 11 is 0. The normalized spacial score (nSPS) is 13.1. The lowest BCUT2D eigenvalue weighted by Crippen LogP contribution is -2.49. The Morgan fingerprint density at radius 1 is 0.972 bits per heavy atom. The average Bonchev–Trinajstić information content (AvgIpc) is 2.81. The van der Waals surface area contributed by atoms with Crippen molar-refractivity contribution in [2.45, 2.75) is 79.4 Å². The summed E-state index contributed by atoms with van der Waals surface area (Å²) < 4.78 is 26.4. The highest BCUT2D eigenvalue weighted by Gasteiger charge is 2.27. The van der Waals surface area contributed by atoms with E-state index < -0.39 is 16.1 Å². The van der Waals surface area contributed by atoms with Crippen molar-refractivity contribution < 1.29 is 18.0 Å². The predicted molar refractivity (Wildman–Crippen MR) is 146 cm³/mol. The molecule has 2 aromatic carbocycles. The molecule has 0 aliphatic rings. The van der Waals surface area contributed by atoms with E-state index in [9.17, 15) is 18.0 Å². The van der Waals surface area contributed by atoms with Crippen LogP contribution < -0.4 is 9.62 Å². The maximum atomic E-state index is 13.4. The summed E-state index contributed by atoms with van der Waals surface area (Å²) in [5.74, 6) is -0.381. The Labute approximate surface area is 216 Å². The summed E-state index contributed by atoms with van der Waals surface area (Å²) in [5.41, 5.74) is 4.73. The molecule has 1 N–H and O–H groups in total. The molecule has 0 radical (unpaired) electrons. The van der Waals surface area contributed by atoms with Gasteiger partial charge in [0.25, 0.3) is 0 Å². The minimum Gasteiger partial charge on any atom is -0.352 e. The number of amides is 2. The van der Waals surface area contributed by atoms with Crippen LogP contribution in [0.1, 0.15) is 62.3 Å². The molecular formula is C28H41N3O4S. The minimum absolute atomic E-state index is 0.0116. The monoisotopic (exact) mass is 515 g/mol. The van der Waals surface area contributed by atoms with Gasteiger partial charge in [-0.1, -0.05) is 42.8 Å². The second-order valence-corrected chi connectivity index (χ2v) is 11.6. The van der Waals surface area contributed by atoms with Gasteiger partial charge >= 0.3 is 0 Å². The van der Waals surface area contributed by atoms with E-state index in [2.05, 4.69) is 5.32 Å². The number of carbonyl (C=O) groups is 2. The Bertz CT molecular complexity index is 1150. The van der Waals surface area contributed by atoms with Crippen LogP contribution >= 0.6 is 0 Å². The molecule has 0 saturated carbocycles. The molecule has 0 aromatic heterocycles. The standard InChI is InChI=1S/C28H41N3O4S/c1-8-23(5)29-28(33)24(6)30(19-25-14-11-20(2)12-15-25)27(32)10-9-17-31(36(7,34)35)26-16-13-21(3)22(4)18-26/h11-16,18,23-24H,8-10,17,19H2,1-7H3,(H,29,33)/t23-,24-/m1/s1. The number of nitrogens with zero attached hydrogens (tertiary/aromatic N) is 2. The summed E-state index contributed by atoms with van der Waals surface area (Å²) in [6, 6.07) is 12.8. The van der Waals surface area contributed by atoms with Gasteiger partial charge in [0, 0.05) is 25.6 Å². The van der Waals surface area contributed by atoms with Crippen molar-refractivity contribution in [3.63, 3.8) is 0 Å². The lowest BCUT2D eigenvalue weighted by atomic mass is 10.1. The van der Waals surface area contributed by atoms with E-state index in [0.717, 1.165) is 28.7 Å². The van der Waals surface area contributed by atoms with E-state index in [0.29, 0.717) is 18.7 Å². The number of sulfonamides is 1. The summed E-state index contributed by atoms with van der Waals surface area (Å²) in [6.45, 7) is 12.1. The van der Waals surface area contributed by atoms with Crippen molar-refractivity contribution >= 4 is 27.5 Å². The van der Waals surface area contributed by atoms with Gasteiger partial charge in [-0.3, -0.25) is 13.9 Å². The Morgan fingerprint density at radius 2 is 1.61 bits per heavy atom. The average molecular weight is 516 g/mol. The Kier molecular flexibility index (Phi) is 10.5. The fraction of sp³-hybridized carbons (Fsp3) is 0.500. The van der Waals surface area contributed by atoms with Crippen molar-refractivity contribution in [2.75, 3.05) is 17.1 Å². The lowest BCUT2D eigenvalue weighted by Gasteiger charge is -2.30. The Morgan fingerprint density at radius 3 is 2.17 bits per heavy atom. The predicted octanol–water partition coefficient (Wildman–Crippen LogP) is 4.49. The first-order valence-corrected chi connectivity index (χ1v) is 14.4. The topological polar surface area (TPSA) is 86.8 Å². The van der Waals surface area contributed by atoms with Gasteiger partial charge in [-0.2, -0.15) is 0 Å².